The molecule has 0 saturated heterocycles. The Balaban J connectivity index is 1.56. The molecule has 6 nitrogen and oxygen atoms in total. The minimum absolute atomic E-state index is 0.120. The molecule has 0 atom stereocenters. The second-order valence-corrected chi connectivity index (χ2v) is 5.67. The normalized spacial score (nSPS) is 10.2. The van der Waals surface area contributed by atoms with Gasteiger partial charge in [-0.3, -0.25) is 4.98 Å². The summed E-state index contributed by atoms with van der Waals surface area (Å²) in [5.74, 6) is 0.378. The van der Waals surface area contributed by atoms with Crippen molar-refractivity contribution in [2.24, 2.45) is 0 Å². The fourth-order valence-electron chi connectivity index (χ4n) is 1.93. The van der Waals surface area contributed by atoms with Gasteiger partial charge in [0.1, 0.15) is 12.4 Å². The summed E-state index contributed by atoms with van der Waals surface area (Å²) in [6, 6.07) is 10.9. The van der Waals surface area contributed by atoms with E-state index in [1.165, 1.54) is 17.5 Å². The highest BCUT2D eigenvalue weighted by Crippen LogP contribution is 2.23. The second-order valence-electron chi connectivity index (χ2n) is 4.82. The average molecular weight is 341 g/mol. The molecular weight excluding hydrogens is 326 g/mol. The van der Waals surface area contributed by atoms with E-state index in [0.717, 1.165) is 16.6 Å². The highest BCUT2D eigenvalue weighted by atomic mass is 32.1. The minimum Gasteiger partial charge on any atom is -0.497 e. The number of thiazole rings is 1. The van der Waals surface area contributed by atoms with Crippen LogP contribution in [0.1, 0.15) is 16.1 Å². The standard InChI is InChI=1S/C17H15N3O3S/c1-22-15-6-4-13(5-7-15)19-17-20-14(11-24-17)10-23-16(21)12-3-2-8-18-9-12/h2-9,11H,10H2,1H3,(H,19,20). The number of aromatic nitrogens is 2. The third-order valence-electron chi connectivity index (χ3n) is 3.14. The summed E-state index contributed by atoms with van der Waals surface area (Å²) >= 11 is 1.44. The molecule has 3 aromatic rings. The van der Waals surface area contributed by atoms with Crippen molar-refractivity contribution in [3.8, 4) is 5.75 Å². The van der Waals surface area contributed by atoms with E-state index in [9.17, 15) is 4.79 Å². The van der Waals surface area contributed by atoms with Crippen molar-refractivity contribution in [2.75, 3.05) is 12.4 Å². The van der Waals surface area contributed by atoms with Gasteiger partial charge < -0.3 is 14.8 Å². The van der Waals surface area contributed by atoms with Gasteiger partial charge in [-0.15, -0.1) is 11.3 Å². The summed E-state index contributed by atoms with van der Waals surface area (Å²) in [6.45, 7) is 0.120. The maximum absolute atomic E-state index is 11.9. The number of methoxy groups -OCH3 is 1. The summed E-state index contributed by atoms with van der Waals surface area (Å²) in [7, 11) is 1.63. The van der Waals surface area contributed by atoms with Gasteiger partial charge in [0.05, 0.1) is 18.4 Å². The zero-order chi connectivity index (χ0) is 16.8. The SMILES string of the molecule is COc1ccc(Nc2nc(COC(=O)c3cccnc3)cs2)cc1. The van der Waals surface area contributed by atoms with Crippen molar-refractivity contribution in [1.29, 1.82) is 0 Å². The summed E-state index contributed by atoms with van der Waals surface area (Å²) in [5.41, 5.74) is 2.02. The van der Waals surface area contributed by atoms with E-state index in [4.69, 9.17) is 9.47 Å². The molecule has 7 heteroatoms. The van der Waals surface area contributed by atoms with Crippen LogP contribution in [0.15, 0.2) is 54.2 Å². The Morgan fingerprint density at radius 2 is 2.08 bits per heavy atom. The van der Waals surface area contributed by atoms with Gasteiger partial charge in [-0.1, -0.05) is 0 Å². The average Bonchev–Trinajstić information content (AvgIpc) is 3.08. The number of anilines is 2. The first-order valence-corrected chi connectivity index (χ1v) is 8.05. The van der Waals surface area contributed by atoms with Crippen LogP contribution >= 0.6 is 11.3 Å². The van der Waals surface area contributed by atoms with E-state index in [1.54, 1.807) is 25.4 Å². The van der Waals surface area contributed by atoms with E-state index in [0.29, 0.717) is 11.3 Å². The number of hydrogen-bond donors (Lipinski definition) is 1. The van der Waals surface area contributed by atoms with Crippen LogP contribution in [0.4, 0.5) is 10.8 Å². The van der Waals surface area contributed by atoms with Gasteiger partial charge in [0.25, 0.3) is 0 Å². The zero-order valence-corrected chi connectivity index (χ0v) is 13.7. The van der Waals surface area contributed by atoms with E-state index in [2.05, 4.69) is 15.3 Å². The largest absolute Gasteiger partial charge is 0.497 e. The second kappa shape index (κ2) is 7.56. The monoisotopic (exact) mass is 341 g/mol. The summed E-state index contributed by atoms with van der Waals surface area (Å²) in [4.78, 5) is 20.1. The molecule has 0 saturated carbocycles. The molecule has 0 aliphatic carbocycles. The van der Waals surface area contributed by atoms with Crippen molar-refractivity contribution in [3.05, 3.63) is 65.4 Å². The van der Waals surface area contributed by atoms with Crippen LogP contribution < -0.4 is 10.1 Å². The highest BCUT2D eigenvalue weighted by Gasteiger charge is 2.09. The van der Waals surface area contributed by atoms with Crippen LogP contribution in [0.25, 0.3) is 0 Å². The van der Waals surface area contributed by atoms with Crippen LogP contribution in [0.2, 0.25) is 0 Å². The topological polar surface area (TPSA) is 73.3 Å². The van der Waals surface area contributed by atoms with Gasteiger partial charge in [0, 0.05) is 23.5 Å². The molecule has 0 aliphatic rings. The molecule has 0 amide bonds. The van der Waals surface area contributed by atoms with Crippen molar-refractivity contribution < 1.29 is 14.3 Å². The lowest BCUT2D eigenvalue weighted by Crippen LogP contribution is -2.05. The number of rotatable bonds is 6. The third kappa shape index (κ3) is 4.08. The summed E-state index contributed by atoms with van der Waals surface area (Å²) in [5, 5.41) is 5.78. The Hall–Kier alpha value is -2.93. The van der Waals surface area contributed by atoms with Crippen LogP contribution in [0.5, 0.6) is 5.75 Å². The van der Waals surface area contributed by atoms with Crippen molar-refractivity contribution in [2.45, 2.75) is 6.61 Å². The molecule has 2 heterocycles. The number of pyridine rings is 1. The maximum atomic E-state index is 11.9. The Labute approximate surface area is 143 Å². The smallest absolute Gasteiger partial charge is 0.340 e. The molecule has 0 spiro atoms. The number of carbonyl (C=O) groups excluding carboxylic acids is 1. The lowest BCUT2D eigenvalue weighted by atomic mass is 10.3. The van der Waals surface area contributed by atoms with E-state index in [-0.39, 0.29) is 6.61 Å². The number of carbonyl (C=O) groups is 1. The highest BCUT2D eigenvalue weighted by molar-refractivity contribution is 7.13. The predicted molar refractivity (Wildman–Crippen MR) is 91.7 cm³/mol. The molecule has 0 unspecified atom stereocenters. The van der Waals surface area contributed by atoms with Crippen LogP contribution in [-0.4, -0.2) is 23.0 Å². The number of hydrogen-bond acceptors (Lipinski definition) is 7. The molecule has 122 valence electrons. The van der Waals surface area contributed by atoms with Crippen LogP contribution in [0.3, 0.4) is 0 Å². The summed E-state index contributed by atoms with van der Waals surface area (Å²) in [6.07, 6.45) is 3.08. The Kier molecular flexibility index (Phi) is 5.02. The van der Waals surface area contributed by atoms with E-state index >= 15 is 0 Å². The lowest BCUT2D eigenvalue weighted by Gasteiger charge is -2.04. The van der Waals surface area contributed by atoms with Gasteiger partial charge in [0.15, 0.2) is 5.13 Å². The van der Waals surface area contributed by atoms with Crippen molar-refractivity contribution in [3.63, 3.8) is 0 Å². The molecule has 0 aliphatic heterocycles. The zero-order valence-electron chi connectivity index (χ0n) is 12.9. The first-order chi connectivity index (χ1) is 11.7. The van der Waals surface area contributed by atoms with E-state index < -0.39 is 5.97 Å². The fraction of sp³-hybridized carbons (Fsp3) is 0.118. The maximum Gasteiger partial charge on any atom is 0.340 e. The van der Waals surface area contributed by atoms with Gasteiger partial charge in [-0.25, -0.2) is 9.78 Å². The number of nitrogens with one attached hydrogen (secondary N) is 1. The Bertz CT molecular complexity index is 803. The third-order valence-corrected chi connectivity index (χ3v) is 3.95. The number of ether oxygens (including phenoxy) is 2. The van der Waals surface area contributed by atoms with Crippen LogP contribution in [0, 0.1) is 0 Å². The van der Waals surface area contributed by atoms with E-state index in [1.807, 2.05) is 29.6 Å². The van der Waals surface area contributed by atoms with Gasteiger partial charge in [0.2, 0.25) is 0 Å². The Morgan fingerprint density at radius 3 is 2.79 bits per heavy atom. The molecule has 0 radical (unpaired) electrons. The summed E-state index contributed by atoms with van der Waals surface area (Å²) < 4.78 is 10.3. The van der Waals surface area contributed by atoms with Gasteiger partial charge in [-0.05, 0) is 36.4 Å². The predicted octanol–water partition coefficient (Wildman–Crippen LogP) is 3.65. The number of benzene rings is 1. The molecule has 2 aromatic heterocycles. The Morgan fingerprint density at radius 1 is 1.25 bits per heavy atom. The van der Waals surface area contributed by atoms with Crippen molar-refractivity contribution >= 4 is 28.1 Å². The molecule has 0 fully saturated rings. The molecular formula is C17H15N3O3S. The quantitative estimate of drug-likeness (QED) is 0.690. The lowest BCUT2D eigenvalue weighted by molar-refractivity contribution is 0.0468. The molecule has 1 N–H and O–H groups in total. The number of nitrogens with zero attached hydrogens (tertiary/aromatic N) is 2. The molecule has 3 rings (SSSR count). The van der Waals surface area contributed by atoms with Gasteiger partial charge in [-0.2, -0.15) is 0 Å². The molecule has 1 aromatic carbocycles. The first-order valence-electron chi connectivity index (χ1n) is 7.17. The fourth-order valence-corrected chi connectivity index (χ4v) is 2.65. The molecule has 24 heavy (non-hydrogen) atoms. The molecule has 0 bridgehead atoms. The minimum atomic E-state index is -0.416. The van der Waals surface area contributed by atoms with Gasteiger partial charge >= 0.3 is 5.97 Å². The number of esters is 1. The first kappa shape index (κ1) is 15.9. The van der Waals surface area contributed by atoms with Crippen molar-refractivity contribution in [1.82, 2.24) is 9.97 Å². The van der Waals surface area contributed by atoms with Crippen LogP contribution in [-0.2, 0) is 11.3 Å².